The van der Waals surface area contributed by atoms with Gasteiger partial charge in [-0.2, -0.15) is 9.67 Å². The number of nitrogens with two attached hydrogens (primary N) is 1. The van der Waals surface area contributed by atoms with E-state index in [1.807, 2.05) is 35.2 Å². The van der Waals surface area contributed by atoms with Crippen molar-refractivity contribution in [1.29, 1.82) is 0 Å². The Labute approximate surface area is 163 Å². The second-order valence-corrected chi connectivity index (χ2v) is 6.92. The van der Waals surface area contributed by atoms with Gasteiger partial charge in [0.15, 0.2) is 5.82 Å². The number of rotatable bonds is 4. The standard InChI is InChI=1S/C20H23N7O/c1-14(28)26-12-9-16(10-13-26)15-5-7-17(8-6-15)23-20-24-19(21)27(25-20)18-4-2-3-11-22-18/h2-8,11,16H,9-10,12-13H2,1H3,(H3,21,23,24,25). The molecule has 1 aromatic carbocycles. The first kappa shape index (κ1) is 18.0. The van der Waals surface area contributed by atoms with Gasteiger partial charge in [-0.25, -0.2) is 4.98 Å². The minimum absolute atomic E-state index is 0.162. The number of piperidine rings is 1. The van der Waals surface area contributed by atoms with Crippen LogP contribution >= 0.6 is 0 Å². The summed E-state index contributed by atoms with van der Waals surface area (Å²) in [6.45, 7) is 3.29. The number of aromatic nitrogens is 4. The first-order valence-electron chi connectivity index (χ1n) is 9.36. The van der Waals surface area contributed by atoms with Crippen LogP contribution in [0.4, 0.5) is 17.6 Å². The molecule has 0 unspecified atom stereocenters. The molecule has 0 spiro atoms. The summed E-state index contributed by atoms with van der Waals surface area (Å²) >= 11 is 0. The number of carbonyl (C=O) groups excluding carboxylic acids is 1. The molecule has 0 atom stereocenters. The Morgan fingerprint density at radius 1 is 1.14 bits per heavy atom. The summed E-state index contributed by atoms with van der Waals surface area (Å²) in [6.07, 6.45) is 3.68. The first-order valence-corrected chi connectivity index (χ1v) is 9.36. The fourth-order valence-electron chi connectivity index (χ4n) is 3.52. The Bertz CT molecular complexity index is 944. The van der Waals surface area contributed by atoms with Crippen molar-refractivity contribution in [3.63, 3.8) is 0 Å². The van der Waals surface area contributed by atoms with Gasteiger partial charge in [-0.1, -0.05) is 18.2 Å². The molecule has 8 heteroatoms. The van der Waals surface area contributed by atoms with Crippen LogP contribution in [0, 0.1) is 0 Å². The van der Waals surface area contributed by atoms with E-state index in [1.165, 1.54) is 10.2 Å². The van der Waals surface area contributed by atoms with Gasteiger partial charge < -0.3 is 16.0 Å². The zero-order chi connectivity index (χ0) is 19.5. The summed E-state index contributed by atoms with van der Waals surface area (Å²) in [6, 6.07) is 13.8. The van der Waals surface area contributed by atoms with Crippen molar-refractivity contribution in [1.82, 2.24) is 24.6 Å². The minimum atomic E-state index is 0.162. The third-order valence-electron chi connectivity index (χ3n) is 5.08. The summed E-state index contributed by atoms with van der Waals surface area (Å²) < 4.78 is 1.50. The summed E-state index contributed by atoms with van der Waals surface area (Å²) in [4.78, 5) is 21.9. The number of amides is 1. The molecule has 1 saturated heterocycles. The number of nitrogens with zero attached hydrogens (tertiary/aromatic N) is 5. The fourth-order valence-corrected chi connectivity index (χ4v) is 3.52. The second-order valence-electron chi connectivity index (χ2n) is 6.92. The summed E-state index contributed by atoms with van der Waals surface area (Å²) in [5, 5.41) is 7.57. The highest BCUT2D eigenvalue weighted by Gasteiger charge is 2.21. The molecule has 4 rings (SSSR count). The maximum atomic E-state index is 11.5. The molecule has 2 aromatic heterocycles. The van der Waals surface area contributed by atoms with Gasteiger partial charge in [0.25, 0.3) is 0 Å². The van der Waals surface area contributed by atoms with Crippen LogP contribution in [0.1, 0.15) is 31.2 Å². The van der Waals surface area contributed by atoms with Gasteiger partial charge in [-0.3, -0.25) is 4.79 Å². The molecule has 3 N–H and O–H groups in total. The number of hydrogen-bond acceptors (Lipinski definition) is 6. The van der Waals surface area contributed by atoms with Crippen molar-refractivity contribution in [2.75, 3.05) is 24.1 Å². The average molecular weight is 377 g/mol. The van der Waals surface area contributed by atoms with Crippen LogP contribution in [0.2, 0.25) is 0 Å². The van der Waals surface area contributed by atoms with Gasteiger partial charge in [-0.05, 0) is 48.6 Å². The van der Waals surface area contributed by atoms with Crippen LogP contribution in [0.5, 0.6) is 0 Å². The molecule has 0 radical (unpaired) electrons. The summed E-state index contributed by atoms with van der Waals surface area (Å²) in [5.41, 5.74) is 8.15. The minimum Gasteiger partial charge on any atom is -0.368 e. The van der Waals surface area contributed by atoms with Crippen molar-refractivity contribution >= 4 is 23.5 Å². The maximum absolute atomic E-state index is 11.5. The molecule has 0 bridgehead atoms. The van der Waals surface area contributed by atoms with Crippen LogP contribution in [0.15, 0.2) is 48.7 Å². The SMILES string of the molecule is CC(=O)N1CCC(c2ccc(Nc3nc(N)n(-c4ccccn4)n3)cc2)CC1. The lowest BCUT2D eigenvalue weighted by Gasteiger charge is -2.31. The first-order chi connectivity index (χ1) is 13.6. The highest BCUT2D eigenvalue weighted by molar-refractivity contribution is 5.73. The Morgan fingerprint density at radius 3 is 2.54 bits per heavy atom. The Kier molecular flexibility index (Phi) is 4.92. The largest absolute Gasteiger partial charge is 0.368 e. The van der Waals surface area contributed by atoms with Crippen molar-refractivity contribution in [3.05, 3.63) is 54.2 Å². The van der Waals surface area contributed by atoms with E-state index in [4.69, 9.17) is 5.73 Å². The van der Waals surface area contributed by atoms with E-state index in [1.54, 1.807) is 13.1 Å². The van der Waals surface area contributed by atoms with Crippen LogP contribution in [-0.4, -0.2) is 43.6 Å². The molecule has 3 heterocycles. The predicted molar refractivity (Wildman–Crippen MR) is 108 cm³/mol. The summed E-state index contributed by atoms with van der Waals surface area (Å²) in [7, 11) is 0. The Balaban J connectivity index is 1.42. The second kappa shape index (κ2) is 7.67. The molecule has 8 nitrogen and oxygen atoms in total. The average Bonchev–Trinajstić information content (AvgIpc) is 3.09. The number of pyridine rings is 1. The number of anilines is 3. The molecule has 1 fully saturated rings. The van der Waals surface area contributed by atoms with E-state index in [0.717, 1.165) is 31.6 Å². The Morgan fingerprint density at radius 2 is 1.89 bits per heavy atom. The lowest BCUT2D eigenvalue weighted by atomic mass is 9.89. The zero-order valence-electron chi connectivity index (χ0n) is 15.7. The van der Waals surface area contributed by atoms with Crippen molar-refractivity contribution < 1.29 is 4.79 Å². The molecule has 0 aliphatic carbocycles. The monoisotopic (exact) mass is 377 g/mol. The van der Waals surface area contributed by atoms with E-state index in [2.05, 4.69) is 32.5 Å². The number of hydrogen-bond donors (Lipinski definition) is 2. The summed E-state index contributed by atoms with van der Waals surface area (Å²) in [5.74, 6) is 1.96. The third-order valence-corrected chi connectivity index (χ3v) is 5.08. The number of benzene rings is 1. The molecular weight excluding hydrogens is 354 g/mol. The zero-order valence-corrected chi connectivity index (χ0v) is 15.7. The van der Waals surface area contributed by atoms with E-state index in [9.17, 15) is 4.79 Å². The van der Waals surface area contributed by atoms with Gasteiger partial charge in [0.2, 0.25) is 17.8 Å². The van der Waals surface area contributed by atoms with E-state index < -0.39 is 0 Å². The van der Waals surface area contributed by atoms with Gasteiger partial charge in [0, 0.05) is 31.9 Å². The van der Waals surface area contributed by atoms with E-state index in [0.29, 0.717) is 17.7 Å². The topological polar surface area (TPSA) is 102 Å². The van der Waals surface area contributed by atoms with Crippen LogP contribution in [0.3, 0.4) is 0 Å². The third kappa shape index (κ3) is 3.80. The van der Waals surface area contributed by atoms with Crippen molar-refractivity contribution in [3.8, 4) is 5.82 Å². The quantitative estimate of drug-likeness (QED) is 0.725. The van der Waals surface area contributed by atoms with Gasteiger partial charge in [0.1, 0.15) is 0 Å². The number of carbonyl (C=O) groups is 1. The molecular formula is C20H23N7O. The molecule has 3 aromatic rings. The molecule has 144 valence electrons. The molecule has 1 aliphatic heterocycles. The number of likely N-dealkylation sites (tertiary alicyclic amines) is 1. The lowest BCUT2D eigenvalue weighted by Crippen LogP contribution is -2.36. The molecule has 0 saturated carbocycles. The molecule has 1 amide bonds. The van der Waals surface area contributed by atoms with Gasteiger partial charge in [-0.15, -0.1) is 5.10 Å². The highest BCUT2D eigenvalue weighted by atomic mass is 16.2. The predicted octanol–water partition coefficient (Wildman–Crippen LogP) is 2.71. The maximum Gasteiger partial charge on any atom is 0.248 e. The van der Waals surface area contributed by atoms with Crippen LogP contribution < -0.4 is 11.1 Å². The van der Waals surface area contributed by atoms with Gasteiger partial charge in [0.05, 0.1) is 0 Å². The molecule has 28 heavy (non-hydrogen) atoms. The van der Waals surface area contributed by atoms with Crippen molar-refractivity contribution in [2.45, 2.75) is 25.7 Å². The van der Waals surface area contributed by atoms with Gasteiger partial charge >= 0.3 is 0 Å². The van der Waals surface area contributed by atoms with Crippen LogP contribution in [-0.2, 0) is 4.79 Å². The normalized spacial score (nSPS) is 14.8. The van der Waals surface area contributed by atoms with Crippen LogP contribution in [0.25, 0.3) is 5.82 Å². The van der Waals surface area contributed by atoms with E-state index in [-0.39, 0.29) is 11.9 Å². The smallest absolute Gasteiger partial charge is 0.248 e. The number of nitrogen functional groups attached to an aromatic ring is 1. The number of nitrogens with one attached hydrogen (secondary N) is 1. The lowest BCUT2D eigenvalue weighted by molar-refractivity contribution is -0.129. The molecule has 1 aliphatic rings. The van der Waals surface area contributed by atoms with E-state index >= 15 is 0 Å². The van der Waals surface area contributed by atoms with Crippen molar-refractivity contribution in [2.24, 2.45) is 0 Å². The Hall–Kier alpha value is -3.42. The fraction of sp³-hybridized carbons (Fsp3) is 0.300. The highest BCUT2D eigenvalue weighted by Crippen LogP contribution is 2.29.